The zero-order chi connectivity index (χ0) is 18.4. The first-order valence-corrected chi connectivity index (χ1v) is 10.8. The van der Waals surface area contributed by atoms with Gasteiger partial charge < -0.3 is 0 Å². The topological polar surface area (TPSA) is 107 Å². The highest BCUT2D eigenvalue weighted by Crippen LogP contribution is 2.38. The number of sulfone groups is 2. The quantitative estimate of drug-likeness (QED) is 0.796. The summed E-state index contributed by atoms with van der Waals surface area (Å²) >= 11 is 0. The SMILES string of the molecule is CC.CC.O=S1(=O)CC(S(=O)(=O)c2cccnc2)c2nccnc21. The Labute approximate surface area is 143 Å². The van der Waals surface area contributed by atoms with Crippen molar-refractivity contribution in [3.8, 4) is 0 Å². The van der Waals surface area contributed by atoms with Crippen LogP contribution >= 0.6 is 0 Å². The van der Waals surface area contributed by atoms with Gasteiger partial charge in [-0.25, -0.2) is 21.8 Å². The number of fused-ring (bicyclic) bond motifs is 1. The van der Waals surface area contributed by atoms with Gasteiger partial charge in [0.15, 0.2) is 24.7 Å². The Morgan fingerprint density at radius 3 is 2.25 bits per heavy atom. The molecule has 0 amide bonds. The Kier molecular flexibility index (Phi) is 6.97. The molecule has 3 rings (SSSR count). The van der Waals surface area contributed by atoms with E-state index in [9.17, 15) is 16.8 Å². The smallest absolute Gasteiger partial charge is 0.199 e. The minimum absolute atomic E-state index is 0.0173. The van der Waals surface area contributed by atoms with E-state index in [1.807, 2.05) is 27.7 Å². The summed E-state index contributed by atoms with van der Waals surface area (Å²) < 4.78 is 48.9. The molecule has 0 radical (unpaired) electrons. The molecule has 3 heterocycles. The first-order valence-electron chi connectivity index (χ1n) is 7.60. The van der Waals surface area contributed by atoms with Crippen LogP contribution in [0.15, 0.2) is 46.8 Å². The second-order valence-corrected chi connectivity index (χ2v) is 8.33. The molecular weight excluding hydrogens is 350 g/mol. The van der Waals surface area contributed by atoms with E-state index in [1.165, 1.54) is 36.9 Å². The van der Waals surface area contributed by atoms with Crippen LogP contribution in [0.25, 0.3) is 0 Å². The van der Waals surface area contributed by atoms with Gasteiger partial charge >= 0.3 is 0 Å². The van der Waals surface area contributed by atoms with Crippen LogP contribution in [0, 0.1) is 0 Å². The Hall–Kier alpha value is -1.87. The van der Waals surface area contributed by atoms with Gasteiger partial charge in [-0.2, -0.15) is 0 Å². The number of pyridine rings is 1. The van der Waals surface area contributed by atoms with Gasteiger partial charge in [-0.15, -0.1) is 0 Å². The Morgan fingerprint density at radius 1 is 1.04 bits per heavy atom. The summed E-state index contributed by atoms with van der Waals surface area (Å²) in [5.74, 6) is -0.538. The average Bonchev–Trinajstić information content (AvgIpc) is 2.92. The first-order chi connectivity index (χ1) is 11.4. The molecule has 1 atom stereocenters. The summed E-state index contributed by atoms with van der Waals surface area (Å²) in [7, 11) is -7.59. The highest BCUT2D eigenvalue weighted by molar-refractivity contribution is 7.96. The molecule has 132 valence electrons. The lowest BCUT2D eigenvalue weighted by atomic mass is 10.3. The number of rotatable bonds is 2. The summed E-state index contributed by atoms with van der Waals surface area (Å²) in [6, 6.07) is 2.86. The number of hydrogen-bond acceptors (Lipinski definition) is 7. The van der Waals surface area contributed by atoms with Crippen molar-refractivity contribution in [3.05, 3.63) is 42.6 Å². The summed E-state index contributed by atoms with van der Waals surface area (Å²) in [6.07, 6.45) is 5.15. The fourth-order valence-electron chi connectivity index (χ4n) is 2.07. The van der Waals surface area contributed by atoms with Crippen LogP contribution in [0.4, 0.5) is 0 Å². The lowest BCUT2D eigenvalue weighted by Gasteiger charge is -2.09. The third kappa shape index (κ3) is 3.78. The van der Waals surface area contributed by atoms with Crippen molar-refractivity contribution in [2.45, 2.75) is 42.9 Å². The Bertz CT molecular complexity index is 867. The van der Waals surface area contributed by atoms with E-state index in [-0.39, 0.29) is 15.6 Å². The molecule has 0 spiro atoms. The Balaban J connectivity index is 0.000000671. The van der Waals surface area contributed by atoms with E-state index in [4.69, 9.17) is 0 Å². The number of nitrogens with zero attached hydrogens (tertiary/aromatic N) is 3. The standard InChI is InChI=1S/C11H9N3O4S2.2C2H6/c15-19(16)7-9(10-11(19)14-5-4-13-10)20(17,18)8-2-1-3-12-6-8;2*1-2/h1-6,9H,7H2;2*1-2H3. The van der Waals surface area contributed by atoms with Crippen LogP contribution in [0.3, 0.4) is 0 Å². The summed E-state index contributed by atoms with van der Waals surface area (Å²) in [5, 5.41) is -1.49. The fraction of sp³-hybridized carbons (Fsp3) is 0.400. The van der Waals surface area contributed by atoms with Gasteiger partial charge in [-0.1, -0.05) is 27.7 Å². The van der Waals surface area contributed by atoms with Gasteiger partial charge in [-0.05, 0) is 12.1 Å². The maximum Gasteiger partial charge on any atom is 0.199 e. The second kappa shape index (κ2) is 8.29. The molecular formula is C15H21N3O4S2. The molecule has 0 saturated carbocycles. The minimum Gasteiger partial charge on any atom is -0.263 e. The van der Waals surface area contributed by atoms with E-state index in [1.54, 1.807) is 0 Å². The zero-order valence-electron chi connectivity index (χ0n) is 14.0. The summed E-state index contributed by atoms with van der Waals surface area (Å²) in [4.78, 5) is 11.3. The molecule has 1 unspecified atom stereocenters. The van der Waals surface area contributed by atoms with Gasteiger partial charge in [0.05, 0.1) is 16.3 Å². The van der Waals surface area contributed by atoms with E-state index < -0.39 is 30.7 Å². The predicted molar refractivity (Wildman–Crippen MR) is 90.9 cm³/mol. The first kappa shape index (κ1) is 20.2. The molecule has 9 heteroatoms. The largest absolute Gasteiger partial charge is 0.263 e. The van der Waals surface area contributed by atoms with Gasteiger partial charge in [0.25, 0.3) is 0 Å². The molecule has 1 aliphatic heterocycles. The van der Waals surface area contributed by atoms with E-state index in [0.29, 0.717) is 0 Å². The van der Waals surface area contributed by atoms with Crippen LogP contribution in [-0.2, 0) is 19.7 Å². The molecule has 1 aliphatic rings. The normalized spacial score (nSPS) is 17.6. The maximum atomic E-state index is 12.5. The number of hydrogen-bond donors (Lipinski definition) is 0. The zero-order valence-corrected chi connectivity index (χ0v) is 15.7. The molecule has 0 N–H and O–H groups in total. The van der Waals surface area contributed by atoms with Gasteiger partial charge in [0, 0.05) is 24.8 Å². The second-order valence-electron chi connectivity index (χ2n) is 4.25. The van der Waals surface area contributed by atoms with Crippen molar-refractivity contribution >= 4 is 19.7 Å². The fourth-order valence-corrected chi connectivity index (χ4v) is 6.12. The maximum absolute atomic E-state index is 12.5. The van der Waals surface area contributed by atoms with Crippen LogP contribution in [0.1, 0.15) is 38.6 Å². The van der Waals surface area contributed by atoms with Crippen LogP contribution in [0.2, 0.25) is 0 Å². The van der Waals surface area contributed by atoms with Crippen molar-refractivity contribution in [1.29, 1.82) is 0 Å². The highest BCUT2D eigenvalue weighted by Gasteiger charge is 2.45. The van der Waals surface area contributed by atoms with Crippen molar-refractivity contribution < 1.29 is 16.8 Å². The molecule has 0 saturated heterocycles. The monoisotopic (exact) mass is 371 g/mol. The molecule has 0 fully saturated rings. The molecule has 2 aromatic rings. The third-order valence-corrected chi connectivity index (χ3v) is 6.92. The lowest BCUT2D eigenvalue weighted by Crippen LogP contribution is -2.16. The van der Waals surface area contributed by atoms with Crippen LogP contribution in [-0.4, -0.2) is 37.5 Å². The van der Waals surface area contributed by atoms with Crippen LogP contribution in [0.5, 0.6) is 0 Å². The van der Waals surface area contributed by atoms with E-state index >= 15 is 0 Å². The summed E-state index contributed by atoms with van der Waals surface area (Å²) in [5.41, 5.74) is -0.0173. The van der Waals surface area contributed by atoms with E-state index in [0.717, 1.165) is 0 Å². The van der Waals surface area contributed by atoms with Gasteiger partial charge in [0.1, 0.15) is 5.25 Å². The van der Waals surface area contributed by atoms with Crippen molar-refractivity contribution in [3.63, 3.8) is 0 Å². The molecule has 0 bridgehead atoms. The summed E-state index contributed by atoms with van der Waals surface area (Å²) in [6.45, 7) is 8.00. The molecule has 24 heavy (non-hydrogen) atoms. The van der Waals surface area contributed by atoms with Crippen molar-refractivity contribution in [2.75, 3.05) is 5.75 Å². The predicted octanol–water partition coefficient (Wildman–Crippen LogP) is 2.23. The van der Waals surface area contributed by atoms with Crippen molar-refractivity contribution in [1.82, 2.24) is 15.0 Å². The van der Waals surface area contributed by atoms with Crippen LogP contribution < -0.4 is 0 Å². The minimum atomic E-state index is -3.87. The van der Waals surface area contributed by atoms with Gasteiger partial charge in [-0.3, -0.25) is 9.97 Å². The molecule has 0 aromatic carbocycles. The van der Waals surface area contributed by atoms with Gasteiger partial charge in [0.2, 0.25) is 0 Å². The number of aromatic nitrogens is 3. The lowest BCUT2D eigenvalue weighted by molar-refractivity contribution is 0.581. The van der Waals surface area contributed by atoms with Crippen molar-refractivity contribution in [2.24, 2.45) is 0 Å². The molecule has 2 aromatic heterocycles. The van der Waals surface area contributed by atoms with E-state index in [2.05, 4.69) is 15.0 Å². The molecule has 7 nitrogen and oxygen atoms in total. The molecule has 0 aliphatic carbocycles. The Morgan fingerprint density at radius 2 is 1.67 bits per heavy atom. The third-order valence-electron chi connectivity index (χ3n) is 3.00. The average molecular weight is 371 g/mol. The highest BCUT2D eigenvalue weighted by atomic mass is 32.2.